The van der Waals surface area contributed by atoms with Crippen LogP contribution in [0.5, 0.6) is 0 Å². The van der Waals surface area contributed by atoms with E-state index in [4.69, 9.17) is 4.74 Å². The average molecular weight is 866 g/mol. The third-order valence-corrected chi connectivity index (χ3v) is 11.7. The Labute approximate surface area is 383 Å². The monoisotopic (exact) mass is 866 g/mol. The Morgan fingerprint density at radius 3 is 1.31 bits per heavy atom. The Balaban J connectivity index is 4.65. The molecule has 0 aliphatic heterocycles. The summed E-state index contributed by atoms with van der Waals surface area (Å²) in [7, 11) is 0. The summed E-state index contributed by atoms with van der Waals surface area (Å²) < 4.78 is 5.92. The molecule has 1 amide bonds. The van der Waals surface area contributed by atoms with E-state index in [1.807, 2.05) is 48.6 Å². The van der Waals surface area contributed by atoms with E-state index in [1.54, 1.807) is 0 Å². The van der Waals surface area contributed by atoms with Gasteiger partial charge in [0.1, 0.15) is 6.10 Å². The number of carbonyl (C=O) groups excluding carboxylic acids is 2. The van der Waals surface area contributed by atoms with Gasteiger partial charge < -0.3 is 20.3 Å². The highest BCUT2D eigenvalue weighted by Crippen LogP contribution is 2.18. The van der Waals surface area contributed by atoms with Gasteiger partial charge in [0.05, 0.1) is 25.2 Å². The largest absolute Gasteiger partial charge is 0.462 e. The Morgan fingerprint density at radius 2 is 0.871 bits per heavy atom. The van der Waals surface area contributed by atoms with E-state index in [-0.39, 0.29) is 24.9 Å². The van der Waals surface area contributed by atoms with Crippen LogP contribution in [0.4, 0.5) is 0 Å². The third-order valence-electron chi connectivity index (χ3n) is 11.7. The predicted molar refractivity (Wildman–Crippen MR) is 268 cm³/mol. The number of hydrogen-bond donors (Lipinski definition) is 3. The molecule has 0 aromatic carbocycles. The van der Waals surface area contributed by atoms with Crippen molar-refractivity contribution in [3.63, 3.8) is 0 Å². The van der Waals surface area contributed by atoms with Gasteiger partial charge in [0.15, 0.2) is 0 Å². The highest BCUT2D eigenvalue weighted by molar-refractivity contribution is 5.77. The van der Waals surface area contributed by atoms with Crippen molar-refractivity contribution in [1.29, 1.82) is 0 Å². The smallest absolute Gasteiger partial charge is 0.306 e. The van der Waals surface area contributed by atoms with E-state index in [9.17, 15) is 19.8 Å². The summed E-state index contributed by atoms with van der Waals surface area (Å²) in [6, 6.07) is -0.711. The summed E-state index contributed by atoms with van der Waals surface area (Å²) in [4.78, 5) is 26.1. The number of unbranched alkanes of at least 4 members (excludes halogenated alkanes) is 27. The lowest BCUT2D eigenvalue weighted by atomic mass is 10.0. The first-order valence-electron chi connectivity index (χ1n) is 26.2. The lowest BCUT2D eigenvalue weighted by molar-refractivity contribution is -0.151. The number of esters is 1. The Hall–Kier alpha value is -2.70. The van der Waals surface area contributed by atoms with Crippen LogP contribution in [-0.4, -0.2) is 46.9 Å². The molecule has 0 aliphatic rings. The van der Waals surface area contributed by atoms with Gasteiger partial charge in [-0.3, -0.25) is 9.59 Å². The van der Waals surface area contributed by atoms with Gasteiger partial charge in [0.2, 0.25) is 5.91 Å². The molecule has 0 spiro atoms. The van der Waals surface area contributed by atoms with Gasteiger partial charge in [-0.1, -0.05) is 261 Å². The first-order valence-corrected chi connectivity index (χ1v) is 26.2. The molecule has 6 nitrogen and oxygen atoms in total. The summed E-state index contributed by atoms with van der Waals surface area (Å²) in [5.74, 6) is -0.522. The molecule has 0 aromatic rings. The van der Waals surface area contributed by atoms with Crippen molar-refractivity contribution >= 4 is 11.9 Å². The number of rotatable bonds is 46. The van der Waals surface area contributed by atoms with Crippen molar-refractivity contribution in [3.8, 4) is 0 Å². The van der Waals surface area contributed by atoms with Crippen molar-refractivity contribution in [2.24, 2.45) is 0 Å². The van der Waals surface area contributed by atoms with Gasteiger partial charge >= 0.3 is 5.97 Å². The molecule has 6 heteroatoms. The molecule has 0 radical (unpaired) electrons. The SMILES string of the molecule is CC\C=C/C=C/C=C/C=C\C=C\C=C\CCCCCC(=O)OC(CCCCCCCCCCCCCCCCCCC)CC(=O)NC(CO)C(O)CCCCCCCCCCC. The molecular weight excluding hydrogens is 767 g/mol. The first kappa shape index (κ1) is 59.3. The van der Waals surface area contributed by atoms with E-state index in [0.29, 0.717) is 19.3 Å². The van der Waals surface area contributed by atoms with Crippen LogP contribution in [0.3, 0.4) is 0 Å². The second-order valence-electron chi connectivity index (χ2n) is 17.7. The molecule has 62 heavy (non-hydrogen) atoms. The molecule has 3 N–H and O–H groups in total. The van der Waals surface area contributed by atoms with Gasteiger partial charge in [-0.05, 0) is 44.9 Å². The number of aliphatic hydroxyl groups is 2. The minimum Gasteiger partial charge on any atom is -0.462 e. The Kier molecular flexibility index (Phi) is 47.2. The van der Waals surface area contributed by atoms with E-state index < -0.39 is 18.2 Å². The highest BCUT2D eigenvalue weighted by atomic mass is 16.5. The fourth-order valence-electron chi connectivity index (χ4n) is 7.76. The minimum atomic E-state index is -0.796. The van der Waals surface area contributed by atoms with Crippen LogP contribution < -0.4 is 5.32 Å². The van der Waals surface area contributed by atoms with Crippen LogP contribution in [0.1, 0.15) is 245 Å². The van der Waals surface area contributed by atoms with Crippen LogP contribution in [0.25, 0.3) is 0 Å². The van der Waals surface area contributed by atoms with Crippen LogP contribution in [0, 0.1) is 0 Å². The van der Waals surface area contributed by atoms with Crippen molar-refractivity contribution < 1.29 is 24.5 Å². The van der Waals surface area contributed by atoms with E-state index >= 15 is 0 Å². The maximum Gasteiger partial charge on any atom is 0.306 e. The topological polar surface area (TPSA) is 95.9 Å². The van der Waals surface area contributed by atoms with Crippen LogP contribution in [0.15, 0.2) is 72.9 Å². The third kappa shape index (κ3) is 43.9. The zero-order chi connectivity index (χ0) is 45.2. The van der Waals surface area contributed by atoms with Crippen molar-refractivity contribution in [3.05, 3.63) is 72.9 Å². The number of allylic oxidation sites excluding steroid dienone is 12. The van der Waals surface area contributed by atoms with Gasteiger partial charge in [-0.2, -0.15) is 0 Å². The maximum absolute atomic E-state index is 13.2. The fraction of sp³-hybridized carbons (Fsp3) is 0.750. The lowest BCUT2D eigenvalue weighted by Crippen LogP contribution is -2.46. The molecule has 0 bridgehead atoms. The zero-order valence-corrected chi connectivity index (χ0v) is 40.7. The normalized spacial score (nSPS) is 13.8. The van der Waals surface area contributed by atoms with E-state index in [1.165, 1.54) is 128 Å². The summed E-state index contributed by atoms with van der Waals surface area (Å²) in [5, 5.41) is 23.7. The van der Waals surface area contributed by atoms with E-state index in [2.05, 4.69) is 50.4 Å². The van der Waals surface area contributed by atoms with Crippen LogP contribution in [0.2, 0.25) is 0 Å². The molecule has 0 fully saturated rings. The predicted octanol–water partition coefficient (Wildman–Crippen LogP) is 15.8. The summed E-state index contributed by atoms with van der Waals surface area (Å²) in [6.07, 6.45) is 62.5. The fourth-order valence-corrected chi connectivity index (χ4v) is 7.76. The molecule has 0 saturated carbocycles. The van der Waals surface area contributed by atoms with Crippen molar-refractivity contribution in [1.82, 2.24) is 5.32 Å². The number of hydrogen-bond acceptors (Lipinski definition) is 5. The van der Waals surface area contributed by atoms with Crippen LogP contribution in [-0.2, 0) is 14.3 Å². The lowest BCUT2D eigenvalue weighted by Gasteiger charge is -2.24. The van der Waals surface area contributed by atoms with Crippen LogP contribution >= 0.6 is 0 Å². The average Bonchev–Trinajstić information content (AvgIpc) is 3.26. The van der Waals surface area contributed by atoms with Gasteiger partial charge in [0.25, 0.3) is 0 Å². The van der Waals surface area contributed by atoms with Crippen molar-refractivity contribution in [2.75, 3.05) is 6.61 Å². The summed E-state index contributed by atoms with van der Waals surface area (Å²) in [6.45, 7) is 6.32. The van der Waals surface area contributed by atoms with Gasteiger partial charge in [-0.25, -0.2) is 0 Å². The van der Waals surface area contributed by atoms with E-state index in [0.717, 1.165) is 70.6 Å². The summed E-state index contributed by atoms with van der Waals surface area (Å²) >= 11 is 0. The number of amides is 1. The molecule has 3 unspecified atom stereocenters. The Morgan fingerprint density at radius 1 is 0.484 bits per heavy atom. The number of aliphatic hydroxyl groups excluding tert-OH is 2. The minimum absolute atomic E-state index is 0.0589. The second-order valence-corrected chi connectivity index (χ2v) is 17.7. The maximum atomic E-state index is 13.2. The molecule has 0 heterocycles. The molecule has 358 valence electrons. The highest BCUT2D eigenvalue weighted by Gasteiger charge is 2.24. The second kappa shape index (κ2) is 49.3. The molecule has 0 aliphatic carbocycles. The van der Waals surface area contributed by atoms with Crippen molar-refractivity contribution in [2.45, 2.75) is 264 Å². The van der Waals surface area contributed by atoms with Gasteiger partial charge in [-0.15, -0.1) is 0 Å². The number of carbonyl (C=O) groups is 2. The number of nitrogens with one attached hydrogen (secondary N) is 1. The molecular formula is C56H99NO5. The first-order chi connectivity index (χ1) is 30.5. The molecule has 0 aromatic heterocycles. The standard InChI is InChI=1S/C56H99NO5/c1-4-7-10-13-16-19-21-23-25-27-29-31-33-36-38-41-44-47-52(50-55(60)57-53(51-58)54(59)48-45-42-39-35-18-15-12-9-6-3)62-56(61)49-46-43-40-37-34-32-30-28-26-24-22-20-17-14-11-8-5-2/h8,11,14,17,20,22,24,26,28,30,32,34,52-54,58-59H,4-7,9-10,12-13,15-16,18-19,21,23,25,27,29,31,33,35-51H2,1-3H3,(H,57,60)/b11-8-,17-14+,22-20+,26-24-,30-28+,34-32+. The quantitative estimate of drug-likeness (QED) is 0.0322. The Bertz CT molecular complexity index is 1150. The molecule has 3 atom stereocenters. The molecule has 0 saturated heterocycles. The molecule has 0 rings (SSSR count). The van der Waals surface area contributed by atoms with Gasteiger partial charge in [0, 0.05) is 6.42 Å². The number of ether oxygens (including phenoxy) is 1. The summed E-state index contributed by atoms with van der Waals surface area (Å²) in [5.41, 5.74) is 0. The zero-order valence-electron chi connectivity index (χ0n) is 40.7.